The first-order valence-corrected chi connectivity index (χ1v) is 6.54. The molecule has 1 unspecified atom stereocenters. The molecule has 3 heterocycles. The molecule has 3 rings (SSSR count). The van der Waals surface area contributed by atoms with Gasteiger partial charge in [-0.05, 0) is 27.7 Å². The Kier molecular flexibility index (Phi) is 3.14. The van der Waals surface area contributed by atoms with Crippen molar-refractivity contribution in [3.8, 4) is 0 Å². The van der Waals surface area contributed by atoms with Crippen molar-refractivity contribution < 1.29 is 28.9 Å². The van der Waals surface area contributed by atoms with Crippen molar-refractivity contribution in [2.24, 2.45) is 0 Å². The fraction of sp³-hybridized carbons (Fsp3) is 1.00. The molecule has 7 heteroatoms. The van der Waals surface area contributed by atoms with Crippen LogP contribution in [0.25, 0.3) is 0 Å². The van der Waals surface area contributed by atoms with Crippen LogP contribution in [0.2, 0.25) is 0 Å². The number of nitrogens with one attached hydrogen (secondary N) is 1. The molecule has 3 saturated heterocycles. The second-order valence-corrected chi connectivity index (χ2v) is 6.08. The number of hydrogen-bond donors (Lipinski definition) is 2. The van der Waals surface area contributed by atoms with Crippen LogP contribution in [0.4, 0.5) is 0 Å². The molecule has 0 spiro atoms. The van der Waals surface area contributed by atoms with Gasteiger partial charge in [0.2, 0.25) is 0 Å². The highest BCUT2D eigenvalue weighted by atomic mass is 16.8. The fourth-order valence-electron chi connectivity index (χ4n) is 2.91. The first-order chi connectivity index (χ1) is 8.81. The lowest BCUT2D eigenvalue weighted by Gasteiger charge is -2.26. The minimum absolute atomic E-state index is 0.238. The van der Waals surface area contributed by atoms with Gasteiger partial charge in [0.25, 0.3) is 0 Å². The summed E-state index contributed by atoms with van der Waals surface area (Å²) < 4.78 is 28.7. The van der Waals surface area contributed by atoms with Gasteiger partial charge in [0.05, 0.1) is 6.61 Å². The summed E-state index contributed by atoms with van der Waals surface area (Å²) in [7, 11) is 0. The Bertz CT molecular complexity index is 360. The lowest BCUT2D eigenvalue weighted by atomic mass is 10.1. The summed E-state index contributed by atoms with van der Waals surface area (Å²) in [4.78, 5) is 0. The van der Waals surface area contributed by atoms with Gasteiger partial charge in [-0.2, -0.15) is 5.48 Å². The van der Waals surface area contributed by atoms with E-state index in [4.69, 9.17) is 28.9 Å². The zero-order chi connectivity index (χ0) is 13.8. The topological polar surface area (TPSA) is 78.4 Å². The van der Waals surface area contributed by atoms with Crippen LogP contribution < -0.4 is 5.48 Å². The average molecular weight is 275 g/mol. The molecular weight excluding hydrogens is 254 g/mol. The summed E-state index contributed by atoms with van der Waals surface area (Å²) in [5, 5.41) is 9.16. The molecule has 0 aliphatic carbocycles. The van der Waals surface area contributed by atoms with E-state index < -0.39 is 17.8 Å². The minimum atomic E-state index is -0.693. The summed E-state index contributed by atoms with van der Waals surface area (Å²) in [5.74, 6) is -1.31. The molecule has 0 saturated carbocycles. The maximum Gasteiger partial charge on any atom is 0.164 e. The van der Waals surface area contributed by atoms with Crippen LogP contribution in [0.1, 0.15) is 27.7 Å². The predicted octanol–water partition coefficient (Wildman–Crippen LogP) is 0.362. The summed E-state index contributed by atoms with van der Waals surface area (Å²) in [6.45, 7) is 7.83. The van der Waals surface area contributed by atoms with Gasteiger partial charge in [0.1, 0.15) is 24.4 Å². The number of hydroxylamine groups is 1. The maximum absolute atomic E-state index is 9.16. The van der Waals surface area contributed by atoms with Crippen LogP contribution in [0.3, 0.4) is 0 Å². The Morgan fingerprint density at radius 3 is 2.21 bits per heavy atom. The zero-order valence-electron chi connectivity index (χ0n) is 11.6. The van der Waals surface area contributed by atoms with Gasteiger partial charge >= 0.3 is 0 Å². The zero-order valence-corrected chi connectivity index (χ0v) is 11.6. The van der Waals surface area contributed by atoms with Crippen LogP contribution in [-0.2, 0) is 23.7 Å². The van der Waals surface area contributed by atoms with Crippen molar-refractivity contribution in [1.29, 1.82) is 0 Å². The molecular formula is C12H21NO6. The van der Waals surface area contributed by atoms with Crippen molar-refractivity contribution in [2.45, 2.75) is 69.9 Å². The van der Waals surface area contributed by atoms with Crippen molar-refractivity contribution in [3.05, 3.63) is 0 Å². The van der Waals surface area contributed by atoms with Crippen molar-refractivity contribution in [1.82, 2.24) is 5.48 Å². The Hall–Kier alpha value is -0.280. The van der Waals surface area contributed by atoms with Crippen LogP contribution in [-0.4, -0.2) is 54.0 Å². The van der Waals surface area contributed by atoms with E-state index in [0.717, 1.165) is 0 Å². The average Bonchev–Trinajstić information content (AvgIpc) is 2.89. The molecule has 2 N–H and O–H groups in total. The van der Waals surface area contributed by atoms with Crippen molar-refractivity contribution in [2.75, 3.05) is 6.61 Å². The van der Waals surface area contributed by atoms with E-state index in [2.05, 4.69) is 5.48 Å². The third kappa shape index (κ3) is 2.40. The van der Waals surface area contributed by atoms with Gasteiger partial charge in [-0.3, -0.25) is 0 Å². The number of ether oxygens (including phenoxy) is 5. The Balaban J connectivity index is 1.76. The second-order valence-electron chi connectivity index (χ2n) is 6.08. The monoisotopic (exact) mass is 275 g/mol. The molecule has 110 valence electrons. The molecule has 19 heavy (non-hydrogen) atoms. The highest BCUT2D eigenvalue weighted by molar-refractivity contribution is 5.00. The Morgan fingerprint density at radius 1 is 0.947 bits per heavy atom. The smallest absolute Gasteiger partial charge is 0.164 e. The van der Waals surface area contributed by atoms with Crippen LogP contribution in [0.5, 0.6) is 0 Å². The molecule has 7 nitrogen and oxygen atoms in total. The fourth-order valence-corrected chi connectivity index (χ4v) is 2.91. The highest BCUT2D eigenvalue weighted by Crippen LogP contribution is 2.41. The van der Waals surface area contributed by atoms with E-state index >= 15 is 0 Å². The van der Waals surface area contributed by atoms with Crippen molar-refractivity contribution in [3.63, 3.8) is 0 Å². The molecule has 0 amide bonds. The molecule has 3 fully saturated rings. The molecule has 5 atom stereocenters. The number of rotatable bonds is 2. The van der Waals surface area contributed by atoms with Crippen molar-refractivity contribution >= 4 is 0 Å². The van der Waals surface area contributed by atoms with Gasteiger partial charge in [0, 0.05) is 0 Å². The minimum Gasteiger partial charge on any atom is -0.350 e. The first kappa shape index (κ1) is 13.7. The quantitative estimate of drug-likeness (QED) is 0.704. The van der Waals surface area contributed by atoms with Gasteiger partial charge in [-0.1, -0.05) is 0 Å². The predicted molar refractivity (Wildman–Crippen MR) is 62.3 cm³/mol. The summed E-state index contributed by atoms with van der Waals surface area (Å²) in [6, 6.07) is 0. The molecule has 0 bridgehead atoms. The lowest BCUT2D eigenvalue weighted by Crippen LogP contribution is -2.40. The van der Waals surface area contributed by atoms with Gasteiger partial charge in [-0.25, -0.2) is 0 Å². The molecule has 3 aliphatic rings. The SMILES string of the molecule is CC1(C)OCC([C@@H]2O[C@@H](NO)[C@@H]3OC(C)(C)O[C@@H]32)O1. The van der Waals surface area contributed by atoms with Gasteiger partial charge < -0.3 is 28.9 Å². The largest absolute Gasteiger partial charge is 0.350 e. The standard InChI is InChI=1S/C12H21NO6/c1-11(2)15-5-6(17-11)7-8-9(10(13-14)16-7)19-12(3,4)18-8/h6-10,13-14H,5H2,1-4H3/t6?,7-,8+,9+,10+/m0/s1. The highest BCUT2D eigenvalue weighted by Gasteiger charge is 2.58. The summed E-state index contributed by atoms with van der Waals surface area (Å²) >= 11 is 0. The first-order valence-electron chi connectivity index (χ1n) is 6.54. The summed E-state index contributed by atoms with van der Waals surface area (Å²) in [5.41, 5.74) is 2.12. The molecule has 0 aromatic carbocycles. The van der Waals surface area contributed by atoms with E-state index in [1.807, 2.05) is 27.7 Å². The third-order valence-electron chi connectivity index (χ3n) is 3.61. The van der Waals surface area contributed by atoms with E-state index in [-0.39, 0.29) is 24.4 Å². The molecule has 0 aromatic rings. The Morgan fingerprint density at radius 2 is 1.63 bits per heavy atom. The van der Waals surface area contributed by atoms with Crippen LogP contribution in [0.15, 0.2) is 0 Å². The van der Waals surface area contributed by atoms with Gasteiger partial charge in [-0.15, -0.1) is 0 Å². The maximum atomic E-state index is 9.16. The molecule has 3 aliphatic heterocycles. The Labute approximate surface area is 112 Å². The normalized spacial score (nSPS) is 47.5. The second kappa shape index (κ2) is 4.36. The molecule has 0 radical (unpaired) electrons. The van der Waals surface area contributed by atoms with E-state index in [1.54, 1.807) is 0 Å². The lowest BCUT2D eigenvalue weighted by molar-refractivity contribution is -0.218. The molecule has 0 aromatic heterocycles. The summed E-state index contributed by atoms with van der Waals surface area (Å²) in [6.07, 6.45) is -1.85. The van der Waals surface area contributed by atoms with Gasteiger partial charge in [0.15, 0.2) is 17.8 Å². The van der Waals surface area contributed by atoms with Crippen LogP contribution >= 0.6 is 0 Å². The number of fused-ring (bicyclic) bond motifs is 1. The van der Waals surface area contributed by atoms with E-state index in [0.29, 0.717) is 6.61 Å². The van der Waals surface area contributed by atoms with E-state index in [1.165, 1.54) is 0 Å². The number of hydrogen-bond acceptors (Lipinski definition) is 7. The van der Waals surface area contributed by atoms with Crippen LogP contribution in [0, 0.1) is 0 Å². The van der Waals surface area contributed by atoms with E-state index in [9.17, 15) is 0 Å². The third-order valence-corrected chi connectivity index (χ3v) is 3.61.